The van der Waals surface area contributed by atoms with Gasteiger partial charge >= 0.3 is 0 Å². The second kappa shape index (κ2) is 6.35. The second-order valence-electron chi connectivity index (χ2n) is 3.29. The summed E-state index contributed by atoms with van der Waals surface area (Å²) >= 11 is 7.46. The predicted octanol–water partition coefficient (Wildman–Crippen LogP) is 3.08. The van der Waals surface area contributed by atoms with Gasteiger partial charge in [0.25, 0.3) is 0 Å². The molecule has 1 aromatic rings. The van der Waals surface area contributed by atoms with Crippen LogP contribution in [-0.4, -0.2) is 34.5 Å². The number of nitrogens with zero attached hydrogens (tertiary/aromatic N) is 2. The first-order valence-electron chi connectivity index (χ1n) is 4.84. The van der Waals surface area contributed by atoms with Crippen molar-refractivity contribution in [2.24, 2.45) is 0 Å². The summed E-state index contributed by atoms with van der Waals surface area (Å²) in [6, 6.07) is 0. The lowest BCUT2D eigenvalue weighted by atomic mass is 10.5. The first kappa shape index (κ1) is 12.0. The number of halogens is 1. The van der Waals surface area contributed by atoms with E-state index in [0.717, 1.165) is 12.2 Å². The molecule has 0 aromatic carbocycles. The van der Waals surface area contributed by atoms with Crippen molar-refractivity contribution in [3.05, 3.63) is 16.1 Å². The molecule has 2 rings (SSSR count). The van der Waals surface area contributed by atoms with E-state index >= 15 is 0 Å². The lowest BCUT2D eigenvalue weighted by molar-refractivity contribution is 0.301. The van der Waals surface area contributed by atoms with Crippen molar-refractivity contribution >= 4 is 44.5 Å². The largest absolute Gasteiger partial charge is 0.295 e. The van der Waals surface area contributed by atoms with Crippen LogP contribution in [-0.2, 0) is 12.4 Å². The summed E-state index contributed by atoms with van der Waals surface area (Å²) in [5.74, 6) is 2.97. The smallest absolute Gasteiger partial charge is 0.107 e. The van der Waals surface area contributed by atoms with Crippen LogP contribution in [0.5, 0.6) is 0 Å². The lowest BCUT2D eigenvalue weighted by Crippen LogP contribution is -2.26. The van der Waals surface area contributed by atoms with Gasteiger partial charge in [0.15, 0.2) is 0 Å². The Balaban J connectivity index is 1.89. The second-order valence-corrected chi connectivity index (χ2v) is 7.20. The monoisotopic (exact) mass is 280 g/mol. The normalized spacial score (nSPS) is 19.0. The van der Waals surface area contributed by atoms with E-state index in [1.165, 1.54) is 29.6 Å². The van der Waals surface area contributed by atoms with Crippen molar-refractivity contribution in [3.63, 3.8) is 0 Å². The highest BCUT2D eigenvalue weighted by Gasteiger charge is 2.11. The highest BCUT2D eigenvalue weighted by atomic mass is 35.5. The van der Waals surface area contributed by atoms with Crippen molar-refractivity contribution in [2.45, 2.75) is 12.4 Å². The number of hydrogen-bond donors (Lipinski definition) is 0. The molecule has 2 nitrogen and oxygen atoms in total. The Bertz CT molecular complexity index is 297. The molecule has 0 radical (unpaired) electrons. The molecule has 2 heterocycles. The maximum Gasteiger partial charge on any atom is 0.107 e. The van der Waals surface area contributed by atoms with Crippen LogP contribution < -0.4 is 0 Å². The molecule has 0 bridgehead atoms. The molecule has 0 unspecified atom stereocenters. The maximum atomic E-state index is 5.73. The summed E-state index contributed by atoms with van der Waals surface area (Å²) in [7, 11) is 3.95. The molecule has 84 valence electrons. The standard InChI is InChI=1S/C9H13ClN2S3/c10-5-8-7-13-9(11-8)6-12-1-3-14-15-4-2-12/h7H,1-6H2. The summed E-state index contributed by atoms with van der Waals surface area (Å²) in [5, 5.41) is 3.26. The van der Waals surface area contributed by atoms with Crippen molar-refractivity contribution < 1.29 is 0 Å². The van der Waals surface area contributed by atoms with Crippen LogP contribution in [0.3, 0.4) is 0 Å². The molecule has 0 saturated carbocycles. The Hall–Kier alpha value is 0.580. The summed E-state index contributed by atoms with van der Waals surface area (Å²) in [4.78, 5) is 6.96. The highest BCUT2D eigenvalue weighted by molar-refractivity contribution is 8.76. The first-order valence-corrected chi connectivity index (χ1v) is 8.74. The molecule has 1 aliphatic heterocycles. The summed E-state index contributed by atoms with van der Waals surface area (Å²) in [5.41, 5.74) is 1.01. The van der Waals surface area contributed by atoms with Gasteiger partial charge in [-0.3, -0.25) is 4.90 Å². The summed E-state index contributed by atoms with van der Waals surface area (Å²) in [6.45, 7) is 3.34. The number of hydrogen-bond acceptors (Lipinski definition) is 5. The first-order chi connectivity index (χ1) is 7.38. The Kier molecular flexibility index (Phi) is 5.10. The lowest BCUT2D eigenvalue weighted by Gasteiger charge is -2.16. The van der Waals surface area contributed by atoms with E-state index in [-0.39, 0.29) is 0 Å². The topological polar surface area (TPSA) is 16.1 Å². The zero-order valence-corrected chi connectivity index (χ0v) is 11.5. The van der Waals surface area contributed by atoms with E-state index in [1.54, 1.807) is 11.3 Å². The van der Waals surface area contributed by atoms with Gasteiger partial charge in [-0.05, 0) is 0 Å². The van der Waals surface area contributed by atoms with Crippen LogP contribution in [0.25, 0.3) is 0 Å². The Morgan fingerprint density at radius 2 is 2.07 bits per heavy atom. The molecular weight excluding hydrogens is 268 g/mol. The van der Waals surface area contributed by atoms with Gasteiger partial charge in [-0.15, -0.1) is 22.9 Å². The fourth-order valence-corrected chi connectivity index (χ4v) is 4.51. The van der Waals surface area contributed by atoms with Gasteiger partial charge in [0.2, 0.25) is 0 Å². The minimum atomic E-state index is 0.530. The van der Waals surface area contributed by atoms with Gasteiger partial charge in [0, 0.05) is 30.0 Å². The van der Waals surface area contributed by atoms with E-state index in [4.69, 9.17) is 11.6 Å². The third kappa shape index (κ3) is 3.82. The maximum absolute atomic E-state index is 5.73. The third-order valence-corrected chi connectivity index (χ3v) is 5.68. The van der Waals surface area contributed by atoms with Crippen molar-refractivity contribution in [1.82, 2.24) is 9.88 Å². The molecule has 1 aliphatic rings. The fraction of sp³-hybridized carbons (Fsp3) is 0.667. The third-order valence-electron chi connectivity index (χ3n) is 2.16. The molecule has 1 saturated heterocycles. The van der Waals surface area contributed by atoms with Crippen LogP contribution in [0.1, 0.15) is 10.7 Å². The summed E-state index contributed by atoms with van der Waals surface area (Å²) < 4.78 is 0. The van der Waals surface area contributed by atoms with Gasteiger partial charge in [-0.1, -0.05) is 21.6 Å². The molecule has 0 atom stereocenters. The van der Waals surface area contributed by atoms with Gasteiger partial charge in [0.1, 0.15) is 5.01 Å². The molecule has 15 heavy (non-hydrogen) atoms. The average Bonchev–Trinajstić information content (AvgIpc) is 2.54. The van der Waals surface area contributed by atoms with Gasteiger partial charge in [0.05, 0.1) is 18.1 Å². The molecule has 0 amide bonds. The molecule has 1 aromatic heterocycles. The number of alkyl halides is 1. The average molecular weight is 281 g/mol. The number of thiazole rings is 1. The van der Waals surface area contributed by atoms with E-state index in [1.807, 2.05) is 21.6 Å². The van der Waals surface area contributed by atoms with Gasteiger partial charge in [-0.2, -0.15) is 0 Å². The molecule has 1 fully saturated rings. The molecule has 0 aliphatic carbocycles. The minimum Gasteiger partial charge on any atom is -0.295 e. The molecule has 6 heteroatoms. The molecule has 0 spiro atoms. The van der Waals surface area contributed by atoms with Crippen LogP contribution in [0.2, 0.25) is 0 Å². The Morgan fingerprint density at radius 1 is 1.33 bits per heavy atom. The van der Waals surface area contributed by atoms with Crippen molar-refractivity contribution in [1.29, 1.82) is 0 Å². The highest BCUT2D eigenvalue weighted by Crippen LogP contribution is 2.25. The fourth-order valence-electron chi connectivity index (χ4n) is 1.39. The SMILES string of the molecule is ClCc1csc(CN2CCSSCC2)n1. The van der Waals surface area contributed by atoms with Crippen molar-refractivity contribution in [2.75, 3.05) is 24.6 Å². The van der Waals surface area contributed by atoms with Gasteiger partial charge in [-0.25, -0.2) is 4.98 Å². The minimum absolute atomic E-state index is 0.530. The van der Waals surface area contributed by atoms with Crippen molar-refractivity contribution in [3.8, 4) is 0 Å². The van der Waals surface area contributed by atoms with Crippen LogP contribution in [0.4, 0.5) is 0 Å². The molecule has 0 N–H and O–H groups in total. The van der Waals surface area contributed by atoms with E-state index in [9.17, 15) is 0 Å². The van der Waals surface area contributed by atoms with Gasteiger partial charge < -0.3 is 0 Å². The Labute approximate surface area is 107 Å². The van der Waals surface area contributed by atoms with E-state index in [0.29, 0.717) is 5.88 Å². The zero-order valence-electron chi connectivity index (χ0n) is 8.32. The van der Waals surface area contributed by atoms with E-state index < -0.39 is 0 Å². The number of aromatic nitrogens is 1. The number of rotatable bonds is 3. The van der Waals surface area contributed by atoms with Crippen LogP contribution in [0, 0.1) is 0 Å². The summed E-state index contributed by atoms with van der Waals surface area (Å²) in [6.07, 6.45) is 0. The predicted molar refractivity (Wildman–Crippen MR) is 71.9 cm³/mol. The Morgan fingerprint density at radius 3 is 2.67 bits per heavy atom. The quantitative estimate of drug-likeness (QED) is 0.624. The van der Waals surface area contributed by atoms with Crippen LogP contribution >= 0.6 is 44.5 Å². The zero-order chi connectivity index (χ0) is 10.5. The van der Waals surface area contributed by atoms with E-state index in [2.05, 4.69) is 15.3 Å². The molecular formula is C9H13ClN2S3. The van der Waals surface area contributed by atoms with Crippen LogP contribution in [0.15, 0.2) is 5.38 Å².